The second-order valence-electron chi connectivity index (χ2n) is 8.60. The van der Waals surface area contributed by atoms with E-state index >= 15 is 0 Å². The Balaban J connectivity index is 1.28. The smallest absolute Gasteiger partial charge is 0.226 e. The second-order valence-corrected chi connectivity index (χ2v) is 8.60. The molecular formula is C22H28N2O2. The fourth-order valence-corrected chi connectivity index (χ4v) is 4.91. The Kier molecular flexibility index (Phi) is 4.02. The van der Waals surface area contributed by atoms with Crippen molar-refractivity contribution >= 4 is 11.8 Å². The molecule has 0 bridgehead atoms. The van der Waals surface area contributed by atoms with Gasteiger partial charge in [0, 0.05) is 31.0 Å². The molecular weight excluding hydrogens is 324 g/mol. The third kappa shape index (κ3) is 2.93. The first kappa shape index (κ1) is 16.3. The predicted molar refractivity (Wildman–Crippen MR) is 99.4 cm³/mol. The first-order valence-corrected chi connectivity index (χ1v) is 10.4. The summed E-state index contributed by atoms with van der Waals surface area (Å²) in [6, 6.07) is 9.37. The van der Waals surface area contributed by atoms with Crippen molar-refractivity contribution in [3.8, 4) is 0 Å². The molecule has 1 saturated heterocycles. The number of carbonyl (C=O) groups excluding carboxylic acids is 2. The SMILES string of the molecule is O=C(C1CC1)N1CCC(C(=O)N(C2CC2)[C@@H]2CCc3ccccc32)CC1. The maximum absolute atomic E-state index is 13.4. The summed E-state index contributed by atoms with van der Waals surface area (Å²) >= 11 is 0. The molecule has 138 valence electrons. The van der Waals surface area contributed by atoms with Crippen molar-refractivity contribution in [2.45, 2.75) is 63.5 Å². The number of nitrogens with zero attached hydrogens (tertiary/aromatic N) is 2. The molecule has 0 spiro atoms. The lowest BCUT2D eigenvalue weighted by Crippen LogP contribution is -2.46. The summed E-state index contributed by atoms with van der Waals surface area (Å²) in [5.41, 5.74) is 2.79. The van der Waals surface area contributed by atoms with Crippen LogP contribution in [0.15, 0.2) is 24.3 Å². The Morgan fingerprint density at radius 2 is 1.62 bits per heavy atom. The highest BCUT2D eigenvalue weighted by Gasteiger charge is 2.43. The van der Waals surface area contributed by atoms with E-state index in [4.69, 9.17) is 0 Å². The maximum atomic E-state index is 13.4. The van der Waals surface area contributed by atoms with Crippen molar-refractivity contribution in [3.63, 3.8) is 0 Å². The van der Waals surface area contributed by atoms with Gasteiger partial charge in [-0.2, -0.15) is 0 Å². The van der Waals surface area contributed by atoms with Gasteiger partial charge in [0.1, 0.15) is 0 Å². The number of carbonyl (C=O) groups is 2. The Morgan fingerprint density at radius 3 is 2.31 bits per heavy atom. The number of benzene rings is 1. The third-order valence-corrected chi connectivity index (χ3v) is 6.71. The lowest BCUT2D eigenvalue weighted by atomic mass is 9.93. The molecule has 4 nitrogen and oxygen atoms in total. The topological polar surface area (TPSA) is 40.6 Å². The van der Waals surface area contributed by atoms with Gasteiger partial charge < -0.3 is 9.80 Å². The quantitative estimate of drug-likeness (QED) is 0.834. The van der Waals surface area contributed by atoms with E-state index in [0.717, 1.165) is 64.5 Å². The van der Waals surface area contributed by atoms with E-state index in [1.807, 2.05) is 4.90 Å². The van der Waals surface area contributed by atoms with Crippen LogP contribution in [-0.4, -0.2) is 40.7 Å². The first-order chi connectivity index (χ1) is 12.7. The Hall–Kier alpha value is -1.84. The van der Waals surface area contributed by atoms with Gasteiger partial charge in [0.25, 0.3) is 0 Å². The number of fused-ring (bicyclic) bond motifs is 1. The molecule has 1 aromatic rings. The van der Waals surface area contributed by atoms with Crippen LogP contribution in [0.1, 0.15) is 62.1 Å². The molecule has 3 aliphatic carbocycles. The molecule has 0 radical (unpaired) electrons. The van der Waals surface area contributed by atoms with Crippen LogP contribution in [0.4, 0.5) is 0 Å². The third-order valence-electron chi connectivity index (χ3n) is 6.71. The van der Waals surface area contributed by atoms with Gasteiger partial charge in [-0.15, -0.1) is 0 Å². The van der Waals surface area contributed by atoms with Gasteiger partial charge in [-0.1, -0.05) is 24.3 Å². The van der Waals surface area contributed by atoms with Crippen molar-refractivity contribution in [2.24, 2.45) is 11.8 Å². The number of hydrogen-bond donors (Lipinski definition) is 0. The van der Waals surface area contributed by atoms with Crippen molar-refractivity contribution in [1.29, 1.82) is 0 Å². The minimum atomic E-state index is 0.103. The molecule has 2 amide bonds. The molecule has 26 heavy (non-hydrogen) atoms. The van der Waals surface area contributed by atoms with Crippen LogP contribution in [0.25, 0.3) is 0 Å². The van der Waals surface area contributed by atoms with Crippen LogP contribution >= 0.6 is 0 Å². The van der Waals surface area contributed by atoms with E-state index in [-0.39, 0.29) is 12.0 Å². The zero-order chi connectivity index (χ0) is 17.7. The standard InChI is InChI=1S/C22H28N2O2/c25-21(16-5-6-16)23-13-11-17(12-14-23)22(26)24(18-8-9-18)20-10-7-15-3-1-2-4-19(15)20/h1-4,16-18,20H,5-14H2/t20-/m1/s1. The van der Waals surface area contributed by atoms with Crippen LogP contribution < -0.4 is 0 Å². The fourth-order valence-electron chi connectivity index (χ4n) is 4.91. The highest BCUT2D eigenvalue weighted by atomic mass is 16.2. The van der Waals surface area contributed by atoms with Gasteiger partial charge in [-0.3, -0.25) is 9.59 Å². The van der Waals surface area contributed by atoms with E-state index in [1.165, 1.54) is 11.1 Å². The van der Waals surface area contributed by atoms with E-state index in [9.17, 15) is 9.59 Å². The molecule has 1 aromatic carbocycles. The van der Waals surface area contributed by atoms with E-state index in [2.05, 4.69) is 29.2 Å². The molecule has 2 saturated carbocycles. The number of hydrogen-bond acceptors (Lipinski definition) is 2. The van der Waals surface area contributed by atoms with Crippen molar-refractivity contribution < 1.29 is 9.59 Å². The Labute approximate surface area is 155 Å². The average Bonchev–Trinajstić information content (AvgIpc) is 3.60. The minimum Gasteiger partial charge on any atom is -0.342 e. The summed E-state index contributed by atoms with van der Waals surface area (Å²) in [4.78, 5) is 29.9. The molecule has 5 rings (SSSR count). The number of aryl methyl sites for hydroxylation is 1. The van der Waals surface area contributed by atoms with Crippen LogP contribution in [0.3, 0.4) is 0 Å². The highest BCUT2D eigenvalue weighted by molar-refractivity contribution is 5.83. The van der Waals surface area contributed by atoms with Gasteiger partial charge in [-0.05, 0) is 62.5 Å². The molecule has 0 N–H and O–H groups in total. The Morgan fingerprint density at radius 1 is 0.885 bits per heavy atom. The first-order valence-electron chi connectivity index (χ1n) is 10.4. The van der Waals surface area contributed by atoms with E-state index in [0.29, 0.717) is 23.8 Å². The maximum Gasteiger partial charge on any atom is 0.226 e. The molecule has 1 atom stereocenters. The lowest BCUT2D eigenvalue weighted by Gasteiger charge is -2.37. The summed E-state index contributed by atoms with van der Waals surface area (Å²) in [6.45, 7) is 1.54. The van der Waals surface area contributed by atoms with Gasteiger partial charge in [-0.25, -0.2) is 0 Å². The van der Waals surface area contributed by atoms with Gasteiger partial charge >= 0.3 is 0 Å². The molecule has 4 heteroatoms. The van der Waals surface area contributed by atoms with Crippen molar-refractivity contribution in [2.75, 3.05) is 13.1 Å². The van der Waals surface area contributed by atoms with Crippen LogP contribution in [0, 0.1) is 11.8 Å². The summed E-state index contributed by atoms with van der Waals surface area (Å²) in [5, 5.41) is 0. The summed E-state index contributed by atoms with van der Waals surface area (Å²) in [7, 11) is 0. The summed E-state index contributed by atoms with van der Waals surface area (Å²) < 4.78 is 0. The molecule has 4 aliphatic rings. The predicted octanol–water partition coefficient (Wildman–Crippen LogP) is 3.31. The van der Waals surface area contributed by atoms with Crippen LogP contribution in [0.5, 0.6) is 0 Å². The number of amides is 2. The monoisotopic (exact) mass is 352 g/mol. The lowest BCUT2D eigenvalue weighted by molar-refractivity contribution is -0.143. The van der Waals surface area contributed by atoms with Gasteiger partial charge in [0.2, 0.25) is 11.8 Å². The Bertz CT molecular complexity index is 715. The zero-order valence-corrected chi connectivity index (χ0v) is 15.4. The fraction of sp³-hybridized carbons (Fsp3) is 0.636. The molecule has 0 unspecified atom stereocenters. The highest BCUT2D eigenvalue weighted by Crippen LogP contribution is 2.43. The van der Waals surface area contributed by atoms with Crippen molar-refractivity contribution in [1.82, 2.24) is 9.80 Å². The van der Waals surface area contributed by atoms with Gasteiger partial charge in [0.15, 0.2) is 0 Å². The van der Waals surface area contributed by atoms with E-state index < -0.39 is 0 Å². The minimum absolute atomic E-state index is 0.103. The largest absolute Gasteiger partial charge is 0.342 e. The molecule has 1 aliphatic heterocycles. The van der Waals surface area contributed by atoms with Crippen LogP contribution in [-0.2, 0) is 16.0 Å². The zero-order valence-electron chi connectivity index (χ0n) is 15.4. The summed E-state index contributed by atoms with van der Waals surface area (Å²) in [5.74, 6) is 1.08. The van der Waals surface area contributed by atoms with Gasteiger partial charge in [0.05, 0.1) is 6.04 Å². The molecule has 3 fully saturated rings. The van der Waals surface area contributed by atoms with Crippen LogP contribution in [0.2, 0.25) is 0 Å². The molecule has 0 aromatic heterocycles. The normalized spacial score (nSPS) is 25.8. The summed E-state index contributed by atoms with van der Waals surface area (Å²) in [6.07, 6.45) is 8.28. The number of rotatable bonds is 4. The average molecular weight is 352 g/mol. The van der Waals surface area contributed by atoms with E-state index in [1.54, 1.807) is 0 Å². The molecule has 1 heterocycles. The van der Waals surface area contributed by atoms with Crippen molar-refractivity contribution in [3.05, 3.63) is 35.4 Å². The number of likely N-dealkylation sites (tertiary alicyclic amines) is 1. The second kappa shape index (κ2) is 6.40. The number of piperidine rings is 1.